The third-order valence-electron chi connectivity index (χ3n) is 2.09. The molecule has 0 N–H and O–H groups in total. The number of nitrogens with zero attached hydrogens (tertiary/aromatic N) is 2. The van der Waals surface area contributed by atoms with E-state index in [1.807, 2.05) is 0 Å². The maximum atomic E-state index is 12.4. The Labute approximate surface area is 119 Å². The van der Waals surface area contributed by atoms with Crippen molar-refractivity contribution in [2.75, 3.05) is 0 Å². The maximum absolute atomic E-state index is 12.4. The van der Waals surface area contributed by atoms with Crippen LogP contribution in [-0.2, 0) is 0 Å². The zero-order valence-electron chi connectivity index (χ0n) is 10.1. The predicted octanol–water partition coefficient (Wildman–Crippen LogP) is 3.60. The van der Waals surface area contributed by atoms with Gasteiger partial charge in [0.2, 0.25) is 12.0 Å². The van der Waals surface area contributed by atoms with E-state index >= 15 is 0 Å². The normalized spacial score (nSPS) is 9.79. The van der Waals surface area contributed by atoms with Crippen LogP contribution in [0.4, 0.5) is 8.78 Å². The van der Waals surface area contributed by atoms with Crippen molar-refractivity contribution < 1.29 is 13.5 Å². The summed E-state index contributed by atoms with van der Waals surface area (Å²) in [5.41, 5.74) is 1.10. The van der Waals surface area contributed by atoms with Gasteiger partial charge >= 0.3 is 0 Å². The lowest BCUT2D eigenvalue weighted by molar-refractivity contribution is -0.614. The van der Waals surface area contributed by atoms with Crippen molar-refractivity contribution in [1.82, 2.24) is 4.98 Å². The van der Waals surface area contributed by atoms with E-state index in [0.717, 1.165) is 18.1 Å². The first-order chi connectivity index (χ1) is 8.81. The van der Waals surface area contributed by atoms with Gasteiger partial charge in [-0.2, -0.15) is 9.12 Å². The van der Waals surface area contributed by atoms with E-state index in [0.29, 0.717) is 10.4 Å². The molecule has 3 nitrogen and oxygen atoms in total. The minimum Gasteiger partial charge on any atom is -0.618 e. The van der Waals surface area contributed by atoms with E-state index in [-0.39, 0.29) is 10.0 Å². The highest BCUT2D eigenvalue weighted by Crippen LogP contribution is 2.12. The molecule has 2 aromatic rings. The van der Waals surface area contributed by atoms with Crippen LogP contribution < -0.4 is 4.73 Å². The summed E-state index contributed by atoms with van der Waals surface area (Å²) in [5.74, 6) is -1.16. The van der Waals surface area contributed by atoms with Gasteiger partial charge < -0.3 is 5.21 Å². The van der Waals surface area contributed by atoms with Gasteiger partial charge in [0.1, 0.15) is 0 Å². The Balaban J connectivity index is 0.000000191. The first-order valence-electron chi connectivity index (χ1n) is 5.13. The van der Waals surface area contributed by atoms with Crippen molar-refractivity contribution in [3.8, 4) is 0 Å². The molecule has 0 unspecified atom stereocenters. The SMILES string of the molecule is Cc1cc(Cl)c(F)c[n+]1[O-].Cc1cc(Cl)c(F)cn1. The molecule has 0 aliphatic rings. The summed E-state index contributed by atoms with van der Waals surface area (Å²) in [4.78, 5) is 3.68. The second-order valence-electron chi connectivity index (χ2n) is 3.68. The molecular weight excluding hydrogens is 297 g/mol. The van der Waals surface area contributed by atoms with Gasteiger partial charge in [0, 0.05) is 18.7 Å². The van der Waals surface area contributed by atoms with Crippen LogP contribution in [0.15, 0.2) is 24.5 Å². The van der Waals surface area contributed by atoms with Gasteiger partial charge in [-0.05, 0) is 13.0 Å². The van der Waals surface area contributed by atoms with Crippen LogP contribution in [0.25, 0.3) is 0 Å². The first-order valence-corrected chi connectivity index (χ1v) is 5.89. The largest absolute Gasteiger partial charge is 0.618 e. The predicted molar refractivity (Wildman–Crippen MR) is 69.0 cm³/mol. The van der Waals surface area contributed by atoms with Crippen molar-refractivity contribution in [3.05, 3.63) is 62.8 Å². The molecule has 0 amide bonds. The number of hydrogen-bond donors (Lipinski definition) is 0. The van der Waals surface area contributed by atoms with Gasteiger partial charge in [-0.25, -0.2) is 4.39 Å². The summed E-state index contributed by atoms with van der Waals surface area (Å²) in [7, 11) is 0. The average molecular weight is 307 g/mol. The van der Waals surface area contributed by atoms with Crippen LogP contribution in [-0.4, -0.2) is 4.98 Å². The molecule has 0 saturated heterocycles. The Morgan fingerprint density at radius 2 is 1.68 bits per heavy atom. The fourth-order valence-electron chi connectivity index (χ4n) is 1.09. The standard InChI is InChI=1S/C6H5ClFNO.C6H5ClFN/c1-4-2-5(7)6(8)3-9(4)10;1-4-2-5(7)6(8)3-9-4/h2-3H,1H3;2-3H,1H3. The van der Waals surface area contributed by atoms with Crippen LogP contribution in [0.5, 0.6) is 0 Å². The van der Waals surface area contributed by atoms with Gasteiger partial charge in [0.25, 0.3) is 0 Å². The molecule has 0 fully saturated rings. The van der Waals surface area contributed by atoms with Crippen molar-refractivity contribution in [3.63, 3.8) is 0 Å². The molecule has 19 heavy (non-hydrogen) atoms. The lowest BCUT2D eigenvalue weighted by atomic mass is 10.4. The molecule has 0 aromatic carbocycles. The van der Waals surface area contributed by atoms with E-state index in [9.17, 15) is 14.0 Å². The topological polar surface area (TPSA) is 39.8 Å². The minimum atomic E-state index is -0.692. The second-order valence-corrected chi connectivity index (χ2v) is 4.49. The molecule has 102 valence electrons. The summed E-state index contributed by atoms with van der Waals surface area (Å²) in [6.07, 6.45) is 1.91. The summed E-state index contributed by atoms with van der Waals surface area (Å²) in [6.45, 7) is 3.31. The monoisotopic (exact) mass is 306 g/mol. The molecule has 0 bridgehead atoms. The lowest BCUT2D eigenvalue weighted by Gasteiger charge is -1.99. The van der Waals surface area contributed by atoms with Gasteiger partial charge in [-0.1, -0.05) is 23.2 Å². The van der Waals surface area contributed by atoms with E-state index in [1.165, 1.54) is 12.1 Å². The van der Waals surface area contributed by atoms with Crippen molar-refractivity contribution in [1.29, 1.82) is 0 Å². The van der Waals surface area contributed by atoms with E-state index in [2.05, 4.69) is 4.98 Å². The van der Waals surface area contributed by atoms with E-state index < -0.39 is 11.6 Å². The Morgan fingerprint density at radius 3 is 2.16 bits per heavy atom. The molecule has 2 heterocycles. The number of rotatable bonds is 0. The van der Waals surface area contributed by atoms with Crippen LogP contribution in [0.1, 0.15) is 11.4 Å². The highest BCUT2D eigenvalue weighted by atomic mass is 35.5. The highest BCUT2D eigenvalue weighted by molar-refractivity contribution is 6.31. The van der Waals surface area contributed by atoms with Gasteiger partial charge in [-0.3, -0.25) is 4.98 Å². The zero-order chi connectivity index (χ0) is 14.6. The van der Waals surface area contributed by atoms with Gasteiger partial charge in [0.05, 0.1) is 16.2 Å². The molecule has 2 aromatic heterocycles. The lowest BCUT2D eigenvalue weighted by Crippen LogP contribution is -2.29. The highest BCUT2D eigenvalue weighted by Gasteiger charge is 2.06. The van der Waals surface area contributed by atoms with E-state index in [1.54, 1.807) is 13.8 Å². The number of aromatic nitrogens is 2. The molecule has 0 spiro atoms. The van der Waals surface area contributed by atoms with Gasteiger partial charge in [-0.15, -0.1) is 0 Å². The van der Waals surface area contributed by atoms with Crippen molar-refractivity contribution in [2.24, 2.45) is 0 Å². The molecular formula is C12H10Cl2F2N2O. The summed E-state index contributed by atoms with van der Waals surface area (Å²) in [5, 5.41) is 10.7. The number of aryl methyl sites for hydroxylation is 2. The summed E-state index contributed by atoms with van der Waals surface area (Å²) in [6, 6.07) is 2.76. The van der Waals surface area contributed by atoms with Crippen LogP contribution >= 0.6 is 23.2 Å². The fourth-order valence-corrected chi connectivity index (χ4v) is 1.51. The van der Waals surface area contributed by atoms with Crippen LogP contribution in [0.2, 0.25) is 10.0 Å². The molecule has 7 heteroatoms. The Bertz CT molecular complexity index is 544. The van der Waals surface area contributed by atoms with Crippen molar-refractivity contribution in [2.45, 2.75) is 13.8 Å². The zero-order valence-corrected chi connectivity index (χ0v) is 11.6. The molecule has 0 aliphatic carbocycles. The molecule has 0 aliphatic heterocycles. The fraction of sp³-hybridized carbons (Fsp3) is 0.167. The van der Waals surface area contributed by atoms with Crippen LogP contribution in [0, 0.1) is 30.7 Å². The Hall–Kier alpha value is -1.46. The molecule has 0 atom stereocenters. The molecule has 2 rings (SSSR count). The van der Waals surface area contributed by atoms with Crippen molar-refractivity contribution >= 4 is 23.2 Å². The Morgan fingerprint density at radius 1 is 1.11 bits per heavy atom. The first kappa shape index (κ1) is 15.6. The number of hydrogen-bond acceptors (Lipinski definition) is 2. The number of halogens is 4. The Kier molecular flexibility index (Phi) is 5.44. The quantitative estimate of drug-likeness (QED) is 0.551. The smallest absolute Gasteiger partial charge is 0.217 e. The molecule has 0 radical (unpaired) electrons. The minimum absolute atomic E-state index is 0.0235. The third kappa shape index (κ3) is 4.61. The third-order valence-corrected chi connectivity index (χ3v) is 2.67. The van der Waals surface area contributed by atoms with Crippen LogP contribution in [0.3, 0.4) is 0 Å². The summed E-state index contributed by atoms with van der Waals surface area (Å²) < 4.78 is 25.1. The molecule has 0 saturated carbocycles. The number of pyridine rings is 2. The summed E-state index contributed by atoms with van der Waals surface area (Å²) >= 11 is 10.8. The van der Waals surface area contributed by atoms with Gasteiger partial charge in [0.15, 0.2) is 11.5 Å². The average Bonchev–Trinajstić information content (AvgIpc) is 2.33. The second kappa shape index (κ2) is 6.63. The maximum Gasteiger partial charge on any atom is 0.217 e. The van der Waals surface area contributed by atoms with E-state index in [4.69, 9.17) is 23.2 Å².